The minimum Gasteiger partial charge on any atom is -0.478 e. The quantitative estimate of drug-likeness (QED) is 0.101. The second kappa shape index (κ2) is 19.0. The van der Waals surface area contributed by atoms with Gasteiger partial charge in [-0.2, -0.15) is 0 Å². The van der Waals surface area contributed by atoms with Crippen LogP contribution in [-0.4, -0.2) is 49.9 Å². The number of hydrogen-bond donors (Lipinski definition) is 1. The SMILES string of the molecule is O=C(O)c1ccc(CCCCN2C(=O)C(CC(=O)N(Cc3ccccc3)Cc3ccccc3)SC2CCCCCCc2ccccc2)cc1. The molecule has 256 valence electrons. The molecule has 6 nitrogen and oxygen atoms in total. The number of unbranched alkanes of at least 4 members (excludes halogenated alkanes) is 4. The molecule has 1 aliphatic heterocycles. The van der Waals surface area contributed by atoms with Crippen LogP contribution in [0.5, 0.6) is 0 Å². The molecule has 2 atom stereocenters. The maximum absolute atomic E-state index is 13.9. The summed E-state index contributed by atoms with van der Waals surface area (Å²) in [5.74, 6) is -0.836. The summed E-state index contributed by atoms with van der Waals surface area (Å²) < 4.78 is 0. The summed E-state index contributed by atoms with van der Waals surface area (Å²) in [7, 11) is 0. The molecule has 2 amide bonds. The maximum Gasteiger partial charge on any atom is 0.335 e. The Morgan fingerprint density at radius 2 is 1.14 bits per heavy atom. The summed E-state index contributed by atoms with van der Waals surface area (Å²) in [5, 5.41) is 8.88. The Kier molecular flexibility index (Phi) is 13.9. The highest BCUT2D eigenvalue weighted by atomic mass is 32.2. The number of amides is 2. The maximum atomic E-state index is 13.9. The molecule has 0 spiro atoms. The normalized spacial score (nSPS) is 15.8. The largest absolute Gasteiger partial charge is 0.478 e. The predicted octanol–water partition coefficient (Wildman–Crippen LogP) is 8.79. The van der Waals surface area contributed by atoms with Gasteiger partial charge in [-0.3, -0.25) is 9.59 Å². The Bertz CT molecular complexity index is 1560. The number of aromatic carboxylic acids is 1. The van der Waals surface area contributed by atoms with Crippen molar-refractivity contribution in [1.29, 1.82) is 0 Å². The Hall–Kier alpha value is -4.36. The van der Waals surface area contributed by atoms with Crippen LogP contribution in [0.2, 0.25) is 0 Å². The fourth-order valence-corrected chi connectivity index (χ4v) is 7.99. The van der Waals surface area contributed by atoms with Crippen molar-refractivity contribution < 1.29 is 19.5 Å². The first kappa shape index (κ1) is 35.9. The van der Waals surface area contributed by atoms with Crippen LogP contribution in [0.3, 0.4) is 0 Å². The van der Waals surface area contributed by atoms with E-state index in [2.05, 4.69) is 30.3 Å². The first-order valence-electron chi connectivity index (χ1n) is 17.6. The van der Waals surface area contributed by atoms with Gasteiger partial charge in [0.05, 0.1) is 16.2 Å². The Morgan fingerprint density at radius 3 is 1.71 bits per heavy atom. The Labute approximate surface area is 295 Å². The van der Waals surface area contributed by atoms with Crippen LogP contribution in [0.4, 0.5) is 0 Å². The first-order chi connectivity index (χ1) is 24.0. The molecule has 0 aliphatic carbocycles. The Morgan fingerprint density at radius 1 is 0.633 bits per heavy atom. The second-order valence-corrected chi connectivity index (χ2v) is 14.3. The van der Waals surface area contributed by atoms with Crippen molar-refractivity contribution in [3.8, 4) is 0 Å². The summed E-state index contributed by atoms with van der Waals surface area (Å²) >= 11 is 1.68. The zero-order valence-corrected chi connectivity index (χ0v) is 29.1. The standard InChI is InChI=1S/C42H48N2O4S/c45-39(43(31-35-20-9-4-10-21-35)32-36-22-11-5-12-23-36)30-38-41(46)44(29-15-14-19-34-25-27-37(28-26-34)42(47)48)40(49-38)24-13-2-1-6-16-33-17-7-3-8-18-33/h3-5,7-12,17-18,20-23,25-28,38,40H,1-2,6,13-16,19,24,29-32H2,(H,47,48). The van der Waals surface area contributed by atoms with Gasteiger partial charge in [-0.05, 0) is 72.9 Å². The monoisotopic (exact) mass is 676 g/mol. The van der Waals surface area contributed by atoms with Crippen molar-refractivity contribution in [1.82, 2.24) is 9.80 Å². The zero-order chi connectivity index (χ0) is 34.3. The molecule has 1 saturated heterocycles. The lowest BCUT2D eigenvalue weighted by Gasteiger charge is -2.24. The highest BCUT2D eigenvalue weighted by Crippen LogP contribution is 2.37. The topological polar surface area (TPSA) is 77.9 Å². The summed E-state index contributed by atoms with van der Waals surface area (Å²) in [5.41, 5.74) is 4.91. The lowest BCUT2D eigenvalue weighted by Crippen LogP contribution is -2.37. The molecule has 7 heteroatoms. The number of thioether (sulfide) groups is 1. The van der Waals surface area contributed by atoms with Crippen LogP contribution in [0.15, 0.2) is 115 Å². The molecule has 2 unspecified atom stereocenters. The molecule has 1 fully saturated rings. The molecule has 4 aromatic carbocycles. The van der Waals surface area contributed by atoms with Crippen molar-refractivity contribution in [2.24, 2.45) is 0 Å². The van der Waals surface area contributed by atoms with Crippen LogP contribution in [0.25, 0.3) is 0 Å². The van der Waals surface area contributed by atoms with Gasteiger partial charge in [0, 0.05) is 26.1 Å². The number of nitrogens with zero attached hydrogens (tertiary/aromatic N) is 2. The lowest BCUT2D eigenvalue weighted by atomic mass is 10.0. The van der Waals surface area contributed by atoms with Crippen LogP contribution >= 0.6 is 11.8 Å². The van der Waals surface area contributed by atoms with Crippen molar-refractivity contribution >= 4 is 29.5 Å². The van der Waals surface area contributed by atoms with Crippen LogP contribution in [0.1, 0.15) is 84.0 Å². The number of hydrogen-bond acceptors (Lipinski definition) is 4. The van der Waals surface area contributed by atoms with Gasteiger partial charge in [0.2, 0.25) is 11.8 Å². The van der Waals surface area contributed by atoms with Crippen LogP contribution < -0.4 is 0 Å². The number of aryl methyl sites for hydroxylation is 2. The molecular formula is C42H48N2O4S. The zero-order valence-electron chi connectivity index (χ0n) is 28.3. The predicted molar refractivity (Wildman–Crippen MR) is 198 cm³/mol. The summed E-state index contributed by atoms with van der Waals surface area (Å²) in [6, 6.07) is 37.8. The molecule has 0 saturated carbocycles. The van der Waals surface area contributed by atoms with E-state index in [1.807, 2.05) is 82.6 Å². The average Bonchev–Trinajstić information content (AvgIpc) is 3.42. The molecule has 0 bridgehead atoms. The number of carboxylic acid groups (broad SMARTS) is 1. The van der Waals surface area contributed by atoms with E-state index in [0.717, 1.165) is 74.5 Å². The van der Waals surface area contributed by atoms with Gasteiger partial charge < -0.3 is 14.9 Å². The highest BCUT2D eigenvalue weighted by Gasteiger charge is 2.41. The summed E-state index contributed by atoms with van der Waals surface area (Å²) in [6.07, 6.45) is 9.32. The van der Waals surface area contributed by atoms with Gasteiger partial charge in [0.15, 0.2) is 0 Å². The number of carbonyl (C=O) groups excluding carboxylic acids is 2. The van der Waals surface area contributed by atoms with Gasteiger partial charge >= 0.3 is 5.97 Å². The third kappa shape index (κ3) is 11.4. The van der Waals surface area contributed by atoms with Gasteiger partial charge in [-0.15, -0.1) is 11.8 Å². The third-order valence-electron chi connectivity index (χ3n) is 9.20. The molecule has 5 rings (SSSR count). The molecule has 1 N–H and O–H groups in total. The third-order valence-corrected chi connectivity index (χ3v) is 10.7. The minimum absolute atomic E-state index is 0.00451. The highest BCUT2D eigenvalue weighted by molar-refractivity contribution is 8.01. The fraction of sp³-hybridized carbons (Fsp3) is 0.357. The molecule has 1 aliphatic rings. The van der Waals surface area contributed by atoms with Crippen molar-refractivity contribution in [3.63, 3.8) is 0 Å². The van der Waals surface area contributed by atoms with Crippen molar-refractivity contribution in [2.75, 3.05) is 6.54 Å². The van der Waals surface area contributed by atoms with E-state index in [1.54, 1.807) is 23.9 Å². The van der Waals surface area contributed by atoms with Crippen LogP contribution in [0, 0.1) is 0 Å². The number of carboxylic acids is 1. The lowest BCUT2D eigenvalue weighted by molar-refractivity contribution is -0.136. The van der Waals surface area contributed by atoms with Crippen molar-refractivity contribution in [2.45, 2.75) is 87.9 Å². The fourth-order valence-electron chi connectivity index (χ4n) is 6.46. The van der Waals surface area contributed by atoms with Crippen LogP contribution in [-0.2, 0) is 35.5 Å². The van der Waals surface area contributed by atoms with E-state index in [9.17, 15) is 19.5 Å². The molecule has 4 aromatic rings. The smallest absolute Gasteiger partial charge is 0.335 e. The van der Waals surface area contributed by atoms with Gasteiger partial charge in [-0.1, -0.05) is 122 Å². The second-order valence-electron chi connectivity index (χ2n) is 12.9. The van der Waals surface area contributed by atoms with E-state index < -0.39 is 5.97 Å². The minimum atomic E-state index is -0.921. The summed E-state index contributed by atoms with van der Waals surface area (Å²) in [4.78, 5) is 43.0. The average molecular weight is 677 g/mol. The van der Waals surface area contributed by atoms with E-state index >= 15 is 0 Å². The summed E-state index contributed by atoms with van der Waals surface area (Å²) in [6.45, 7) is 1.67. The van der Waals surface area contributed by atoms with Gasteiger partial charge in [-0.25, -0.2) is 4.79 Å². The first-order valence-corrected chi connectivity index (χ1v) is 18.6. The number of rotatable bonds is 19. The van der Waals surface area contributed by atoms with E-state index in [1.165, 1.54) is 5.56 Å². The van der Waals surface area contributed by atoms with Gasteiger partial charge in [0.25, 0.3) is 0 Å². The van der Waals surface area contributed by atoms with Gasteiger partial charge in [0.1, 0.15) is 0 Å². The molecule has 1 heterocycles. The van der Waals surface area contributed by atoms with E-state index in [-0.39, 0.29) is 34.4 Å². The molecule has 0 aromatic heterocycles. The van der Waals surface area contributed by atoms with Crippen molar-refractivity contribution in [3.05, 3.63) is 143 Å². The molecule has 0 radical (unpaired) electrons. The number of benzene rings is 4. The van der Waals surface area contributed by atoms with E-state index in [4.69, 9.17) is 0 Å². The van der Waals surface area contributed by atoms with E-state index in [0.29, 0.717) is 19.6 Å². The molecular weight excluding hydrogens is 629 g/mol. The Balaban J connectivity index is 1.18. The molecule has 49 heavy (non-hydrogen) atoms. The number of carbonyl (C=O) groups is 3.